The predicted octanol–water partition coefficient (Wildman–Crippen LogP) is 2.65. The van der Waals surface area contributed by atoms with Crippen molar-refractivity contribution in [3.05, 3.63) is 70.9 Å². The van der Waals surface area contributed by atoms with Gasteiger partial charge >= 0.3 is 5.69 Å². The molecule has 0 saturated heterocycles. The predicted molar refractivity (Wildman–Crippen MR) is 117 cm³/mol. The van der Waals surface area contributed by atoms with Crippen molar-refractivity contribution in [2.45, 2.75) is 13.5 Å². The Hall–Kier alpha value is -4.34. The second-order valence-corrected chi connectivity index (χ2v) is 6.85. The molecule has 2 heterocycles. The number of nitrogens with zero attached hydrogens (tertiary/aromatic N) is 4. The lowest BCUT2D eigenvalue weighted by Gasteiger charge is -2.10. The van der Waals surface area contributed by atoms with E-state index in [0.29, 0.717) is 22.9 Å². The van der Waals surface area contributed by atoms with Crippen LogP contribution in [0.5, 0.6) is 23.1 Å². The minimum Gasteiger partial charge on any atom is -0.493 e. The van der Waals surface area contributed by atoms with Gasteiger partial charge in [-0.3, -0.25) is 4.79 Å². The van der Waals surface area contributed by atoms with E-state index in [-0.39, 0.29) is 18.1 Å². The molecule has 0 bridgehead atoms. The number of hydrogen-bond donors (Lipinski definition) is 1. The second kappa shape index (κ2) is 8.80. The zero-order valence-corrected chi connectivity index (χ0v) is 17.7. The van der Waals surface area contributed by atoms with Gasteiger partial charge in [0.2, 0.25) is 11.6 Å². The summed E-state index contributed by atoms with van der Waals surface area (Å²) in [5.41, 5.74) is 1.13. The van der Waals surface area contributed by atoms with E-state index in [4.69, 9.17) is 14.2 Å². The monoisotopic (exact) mass is 435 g/mol. The van der Waals surface area contributed by atoms with Gasteiger partial charge in [0, 0.05) is 24.1 Å². The van der Waals surface area contributed by atoms with Crippen LogP contribution in [0.4, 0.5) is 5.69 Å². The van der Waals surface area contributed by atoms with Crippen molar-refractivity contribution in [1.82, 2.24) is 19.2 Å². The smallest absolute Gasteiger partial charge is 0.351 e. The van der Waals surface area contributed by atoms with Crippen molar-refractivity contribution < 1.29 is 19.0 Å². The van der Waals surface area contributed by atoms with Gasteiger partial charge in [-0.1, -0.05) is 18.2 Å². The quantitative estimate of drug-likeness (QED) is 0.475. The van der Waals surface area contributed by atoms with Crippen molar-refractivity contribution in [1.29, 1.82) is 0 Å². The Kier molecular flexibility index (Phi) is 5.75. The van der Waals surface area contributed by atoms with Crippen LogP contribution in [-0.4, -0.2) is 39.3 Å². The number of methoxy groups -OCH3 is 2. The van der Waals surface area contributed by atoms with Crippen molar-refractivity contribution in [3.8, 4) is 23.1 Å². The van der Waals surface area contributed by atoms with Crippen LogP contribution in [0.2, 0.25) is 0 Å². The van der Waals surface area contributed by atoms with E-state index in [2.05, 4.69) is 15.4 Å². The normalized spacial score (nSPS) is 10.7. The first-order chi connectivity index (χ1) is 15.5. The second-order valence-electron chi connectivity index (χ2n) is 6.85. The number of fused-ring (bicyclic) bond motifs is 1. The fraction of sp³-hybridized carbons (Fsp3) is 0.182. The lowest BCUT2D eigenvalue weighted by atomic mass is 10.2. The van der Waals surface area contributed by atoms with E-state index in [1.54, 1.807) is 24.3 Å². The van der Waals surface area contributed by atoms with Crippen LogP contribution in [0.3, 0.4) is 0 Å². The number of carbonyl (C=O) groups is 1. The van der Waals surface area contributed by atoms with E-state index in [9.17, 15) is 9.59 Å². The number of benzene rings is 2. The van der Waals surface area contributed by atoms with Gasteiger partial charge < -0.3 is 19.5 Å². The number of amides is 1. The van der Waals surface area contributed by atoms with Gasteiger partial charge in [-0.15, -0.1) is 5.10 Å². The summed E-state index contributed by atoms with van der Waals surface area (Å²) in [6.45, 7) is 1.61. The highest BCUT2D eigenvalue weighted by Crippen LogP contribution is 2.29. The number of hydrogen-bond acceptors (Lipinski definition) is 7. The number of ether oxygens (including phenoxy) is 3. The lowest BCUT2D eigenvalue weighted by Crippen LogP contribution is -2.28. The molecule has 10 nitrogen and oxygen atoms in total. The molecule has 0 unspecified atom stereocenters. The molecule has 10 heteroatoms. The van der Waals surface area contributed by atoms with E-state index in [1.807, 2.05) is 25.1 Å². The largest absolute Gasteiger partial charge is 0.493 e. The molecule has 4 aromatic rings. The van der Waals surface area contributed by atoms with Crippen LogP contribution in [0.25, 0.3) is 5.65 Å². The summed E-state index contributed by atoms with van der Waals surface area (Å²) in [6, 6.07) is 12.4. The van der Waals surface area contributed by atoms with Crippen molar-refractivity contribution in [2.24, 2.45) is 0 Å². The van der Waals surface area contributed by atoms with E-state index < -0.39 is 11.6 Å². The minimum absolute atomic E-state index is 0.165. The average Bonchev–Trinajstić information content (AvgIpc) is 3.11. The maximum atomic E-state index is 12.7. The number of aryl methyl sites for hydroxylation is 1. The highest BCUT2D eigenvalue weighted by atomic mass is 16.5. The molecule has 0 fully saturated rings. The van der Waals surface area contributed by atoms with Crippen molar-refractivity contribution in [3.63, 3.8) is 0 Å². The van der Waals surface area contributed by atoms with Gasteiger partial charge in [-0.25, -0.2) is 18.9 Å². The number of para-hydroxylation sites is 1. The van der Waals surface area contributed by atoms with Crippen molar-refractivity contribution in [2.75, 3.05) is 19.5 Å². The molecule has 4 rings (SSSR count). The summed E-state index contributed by atoms with van der Waals surface area (Å²) < 4.78 is 18.6. The Morgan fingerprint density at radius 2 is 1.84 bits per heavy atom. The summed E-state index contributed by atoms with van der Waals surface area (Å²) >= 11 is 0. The molecule has 0 aliphatic heterocycles. The Bertz CT molecular complexity index is 1340. The van der Waals surface area contributed by atoms with Gasteiger partial charge in [0.25, 0.3) is 5.88 Å². The third kappa shape index (κ3) is 4.10. The topological polar surface area (TPSA) is 109 Å². The maximum Gasteiger partial charge on any atom is 0.351 e. The molecule has 0 radical (unpaired) electrons. The highest BCUT2D eigenvalue weighted by molar-refractivity contribution is 5.90. The third-order valence-corrected chi connectivity index (χ3v) is 4.73. The van der Waals surface area contributed by atoms with Crippen molar-refractivity contribution >= 4 is 17.2 Å². The lowest BCUT2D eigenvalue weighted by molar-refractivity contribution is -0.117. The molecule has 0 saturated carbocycles. The van der Waals surface area contributed by atoms with Crippen LogP contribution in [0.1, 0.15) is 5.56 Å². The van der Waals surface area contributed by atoms with Crippen LogP contribution < -0.4 is 25.2 Å². The summed E-state index contributed by atoms with van der Waals surface area (Å²) in [4.78, 5) is 29.5. The molecule has 32 heavy (non-hydrogen) atoms. The zero-order chi connectivity index (χ0) is 22.7. The highest BCUT2D eigenvalue weighted by Gasteiger charge is 2.16. The maximum absolute atomic E-state index is 12.7. The molecular formula is C22H21N5O5. The van der Waals surface area contributed by atoms with E-state index >= 15 is 0 Å². The Balaban J connectivity index is 1.57. The van der Waals surface area contributed by atoms with Gasteiger partial charge in [-0.05, 0) is 30.7 Å². The molecule has 164 valence electrons. The molecular weight excluding hydrogens is 414 g/mol. The van der Waals surface area contributed by atoms with Gasteiger partial charge in [-0.2, -0.15) is 0 Å². The molecule has 0 aliphatic rings. The first kappa shape index (κ1) is 20.9. The Morgan fingerprint density at radius 1 is 1.06 bits per heavy atom. The number of aromatic nitrogens is 4. The summed E-state index contributed by atoms with van der Waals surface area (Å²) in [6.07, 6.45) is 2.91. The van der Waals surface area contributed by atoms with E-state index in [1.165, 1.54) is 31.0 Å². The number of nitrogens with one attached hydrogen (secondary N) is 1. The Labute approximate surface area is 183 Å². The molecule has 0 aliphatic carbocycles. The first-order valence-electron chi connectivity index (χ1n) is 9.69. The Morgan fingerprint density at radius 3 is 2.59 bits per heavy atom. The summed E-state index contributed by atoms with van der Waals surface area (Å²) in [5.74, 6) is 1.34. The summed E-state index contributed by atoms with van der Waals surface area (Å²) in [5, 5.41) is 6.97. The molecule has 1 amide bonds. The standard InChI is InChI=1S/C22H21N5O5/c1-14-6-4-5-7-16(14)32-21-20-25-27(22(29)26(20)11-10-23-21)13-19(28)24-15-8-9-17(30-2)18(12-15)31-3/h4-12H,13H2,1-3H3,(H,24,28). The number of rotatable bonds is 7. The van der Waals surface area contributed by atoms with Crippen LogP contribution >= 0.6 is 0 Å². The molecule has 0 atom stereocenters. The number of carbonyl (C=O) groups excluding carboxylic acids is 1. The molecule has 2 aromatic heterocycles. The fourth-order valence-corrected chi connectivity index (χ4v) is 3.13. The zero-order valence-electron chi connectivity index (χ0n) is 17.7. The van der Waals surface area contributed by atoms with Gasteiger partial charge in [0.1, 0.15) is 12.3 Å². The third-order valence-electron chi connectivity index (χ3n) is 4.73. The van der Waals surface area contributed by atoms with Gasteiger partial charge in [0.15, 0.2) is 11.5 Å². The molecule has 0 spiro atoms. The fourth-order valence-electron chi connectivity index (χ4n) is 3.13. The van der Waals surface area contributed by atoms with Crippen LogP contribution in [-0.2, 0) is 11.3 Å². The average molecular weight is 435 g/mol. The van der Waals surface area contributed by atoms with E-state index in [0.717, 1.165) is 10.2 Å². The first-order valence-corrected chi connectivity index (χ1v) is 9.69. The van der Waals surface area contributed by atoms with Crippen LogP contribution in [0, 0.1) is 6.92 Å². The van der Waals surface area contributed by atoms with Gasteiger partial charge in [0.05, 0.1) is 14.2 Å². The van der Waals surface area contributed by atoms with Crippen LogP contribution in [0.15, 0.2) is 59.7 Å². The molecule has 2 aromatic carbocycles. The summed E-state index contributed by atoms with van der Waals surface area (Å²) in [7, 11) is 3.03. The molecule has 1 N–H and O–H groups in total. The number of anilines is 1. The SMILES string of the molecule is COc1ccc(NC(=O)Cn2nc3c(Oc4ccccc4C)nccn3c2=O)cc1OC. The minimum atomic E-state index is -0.487.